The highest BCUT2D eigenvalue weighted by molar-refractivity contribution is 6.46. The fourth-order valence-corrected chi connectivity index (χ4v) is 4.27. The van der Waals surface area contributed by atoms with Gasteiger partial charge in [-0.3, -0.25) is 9.59 Å². The van der Waals surface area contributed by atoms with Gasteiger partial charge in [0.25, 0.3) is 11.7 Å². The number of carbonyl (C=O) groups is 2. The summed E-state index contributed by atoms with van der Waals surface area (Å²) in [6.45, 7) is 4.66. The van der Waals surface area contributed by atoms with E-state index in [1.807, 2.05) is 93.5 Å². The van der Waals surface area contributed by atoms with E-state index >= 15 is 0 Å². The molecule has 4 rings (SSSR count). The number of likely N-dealkylation sites (tertiary alicyclic amines) is 1. The van der Waals surface area contributed by atoms with Gasteiger partial charge in [0.15, 0.2) is 0 Å². The standard InChI is InChI=1S/C29H30N2O4/c1-5-35-24-16-8-20(9-17-24)18-31-26(21-12-14-23(15-13-21)30(3)4)25(28(33)29(31)34)27(32)22-10-6-19(2)7-11-22/h6-17,26,32H,5,18H2,1-4H3/b27-25-. The van der Waals surface area contributed by atoms with Crippen molar-refractivity contribution in [2.24, 2.45) is 0 Å². The molecule has 1 amide bonds. The van der Waals surface area contributed by atoms with E-state index in [1.165, 1.54) is 4.90 Å². The van der Waals surface area contributed by atoms with Crippen LogP contribution >= 0.6 is 0 Å². The maximum Gasteiger partial charge on any atom is 0.295 e. The van der Waals surface area contributed by atoms with Gasteiger partial charge >= 0.3 is 0 Å². The van der Waals surface area contributed by atoms with Crippen LogP contribution in [0.25, 0.3) is 5.76 Å². The van der Waals surface area contributed by atoms with Gasteiger partial charge in [-0.1, -0.05) is 54.1 Å². The zero-order valence-electron chi connectivity index (χ0n) is 20.5. The smallest absolute Gasteiger partial charge is 0.295 e. The van der Waals surface area contributed by atoms with Crippen molar-refractivity contribution in [3.63, 3.8) is 0 Å². The Labute approximate surface area is 206 Å². The minimum Gasteiger partial charge on any atom is -0.507 e. The van der Waals surface area contributed by atoms with E-state index in [2.05, 4.69) is 0 Å². The fourth-order valence-electron chi connectivity index (χ4n) is 4.27. The van der Waals surface area contributed by atoms with Gasteiger partial charge < -0.3 is 19.6 Å². The van der Waals surface area contributed by atoms with Crippen LogP contribution in [0.5, 0.6) is 5.75 Å². The second kappa shape index (κ2) is 10.1. The van der Waals surface area contributed by atoms with Gasteiger partial charge in [0.05, 0.1) is 18.2 Å². The molecular formula is C29H30N2O4. The molecule has 180 valence electrons. The maximum atomic E-state index is 13.2. The minimum absolute atomic E-state index is 0.0994. The van der Waals surface area contributed by atoms with Gasteiger partial charge in [-0.2, -0.15) is 0 Å². The molecule has 0 aliphatic carbocycles. The Morgan fingerprint density at radius 2 is 1.57 bits per heavy atom. The molecule has 1 saturated heterocycles. The quantitative estimate of drug-likeness (QED) is 0.296. The summed E-state index contributed by atoms with van der Waals surface area (Å²) in [5.74, 6) is -0.738. The van der Waals surface area contributed by atoms with Crippen LogP contribution in [0.1, 0.15) is 35.2 Å². The Hall–Kier alpha value is -4.06. The lowest BCUT2D eigenvalue weighted by Gasteiger charge is -2.26. The molecule has 1 unspecified atom stereocenters. The largest absolute Gasteiger partial charge is 0.507 e. The van der Waals surface area contributed by atoms with Gasteiger partial charge in [0.2, 0.25) is 0 Å². The highest BCUT2D eigenvalue weighted by Gasteiger charge is 2.46. The van der Waals surface area contributed by atoms with Crippen LogP contribution in [0, 0.1) is 6.92 Å². The first kappa shape index (κ1) is 24.1. The molecule has 35 heavy (non-hydrogen) atoms. The maximum absolute atomic E-state index is 13.2. The van der Waals surface area contributed by atoms with Crippen LogP contribution in [0.3, 0.4) is 0 Å². The molecule has 0 bridgehead atoms. The highest BCUT2D eigenvalue weighted by Crippen LogP contribution is 2.40. The number of hydrogen-bond acceptors (Lipinski definition) is 5. The van der Waals surface area contributed by atoms with Gasteiger partial charge in [0.1, 0.15) is 11.5 Å². The lowest BCUT2D eigenvalue weighted by molar-refractivity contribution is -0.140. The van der Waals surface area contributed by atoms with Crippen LogP contribution in [0.4, 0.5) is 5.69 Å². The molecule has 1 aliphatic heterocycles. The van der Waals surface area contributed by atoms with E-state index < -0.39 is 17.7 Å². The van der Waals surface area contributed by atoms with E-state index in [9.17, 15) is 14.7 Å². The molecule has 0 radical (unpaired) electrons. The molecule has 1 fully saturated rings. The van der Waals surface area contributed by atoms with E-state index in [0.717, 1.165) is 28.1 Å². The molecule has 0 aromatic heterocycles. The summed E-state index contributed by atoms with van der Waals surface area (Å²) < 4.78 is 5.52. The number of anilines is 1. The monoisotopic (exact) mass is 470 g/mol. The summed E-state index contributed by atoms with van der Waals surface area (Å²) >= 11 is 0. The van der Waals surface area contributed by atoms with Crippen molar-refractivity contribution >= 4 is 23.1 Å². The van der Waals surface area contributed by atoms with Crippen LogP contribution < -0.4 is 9.64 Å². The lowest BCUT2D eigenvalue weighted by atomic mass is 9.94. The van der Waals surface area contributed by atoms with Gasteiger partial charge in [-0.05, 0) is 49.2 Å². The number of nitrogens with zero attached hydrogens (tertiary/aromatic N) is 2. The average molecular weight is 471 g/mol. The SMILES string of the molecule is CCOc1ccc(CN2C(=O)C(=O)/C(=C(\O)c3ccc(C)cc3)C2c2ccc(N(C)C)cc2)cc1. The first-order valence-corrected chi connectivity index (χ1v) is 11.6. The number of rotatable bonds is 7. The van der Waals surface area contributed by atoms with E-state index in [-0.39, 0.29) is 17.9 Å². The van der Waals surface area contributed by atoms with Crippen LogP contribution in [-0.2, 0) is 16.1 Å². The Morgan fingerprint density at radius 1 is 0.943 bits per heavy atom. The summed E-state index contributed by atoms with van der Waals surface area (Å²) in [7, 11) is 3.90. The number of aliphatic hydroxyl groups excluding tert-OH is 1. The molecule has 6 heteroatoms. The summed E-state index contributed by atoms with van der Waals surface area (Å²) in [4.78, 5) is 30.0. The van der Waals surface area contributed by atoms with Crippen molar-refractivity contribution in [3.8, 4) is 5.75 Å². The van der Waals surface area contributed by atoms with Crippen molar-refractivity contribution in [3.05, 3.63) is 101 Å². The Kier molecular flexibility index (Phi) is 6.92. The number of hydrogen-bond donors (Lipinski definition) is 1. The van der Waals surface area contributed by atoms with Gasteiger partial charge in [0, 0.05) is 31.9 Å². The number of amides is 1. The van der Waals surface area contributed by atoms with Crippen molar-refractivity contribution < 1.29 is 19.4 Å². The molecular weight excluding hydrogens is 440 g/mol. The molecule has 1 atom stereocenters. The molecule has 1 aliphatic rings. The zero-order valence-corrected chi connectivity index (χ0v) is 20.5. The third-order valence-electron chi connectivity index (χ3n) is 6.18. The molecule has 3 aromatic rings. The molecule has 0 saturated carbocycles. The molecule has 1 N–H and O–H groups in total. The topological polar surface area (TPSA) is 70.1 Å². The summed E-state index contributed by atoms with van der Waals surface area (Å²) in [6, 6.07) is 21.7. The fraction of sp³-hybridized carbons (Fsp3) is 0.241. The molecule has 0 spiro atoms. The lowest BCUT2D eigenvalue weighted by Crippen LogP contribution is -2.29. The molecule has 3 aromatic carbocycles. The van der Waals surface area contributed by atoms with Crippen molar-refractivity contribution in [1.82, 2.24) is 4.90 Å². The predicted molar refractivity (Wildman–Crippen MR) is 137 cm³/mol. The Morgan fingerprint density at radius 3 is 2.14 bits per heavy atom. The average Bonchev–Trinajstić information content (AvgIpc) is 3.10. The van der Waals surface area contributed by atoms with Crippen molar-refractivity contribution in [1.29, 1.82) is 0 Å². The summed E-state index contributed by atoms with van der Waals surface area (Å²) in [5, 5.41) is 11.2. The van der Waals surface area contributed by atoms with E-state index in [1.54, 1.807) is 12.1 Å². The molecule has 1 heterocycles. The molecule has 6 nitrogen and oxygen atoms in total. The third kappa shape index (κ3) is 4.92. The number of aliphatic hydroxyl groups is 1. The van der Waals surface area contributed by atoms with Crippen LogP contribution in [0.2, 0.25) is 0 Å². The first-order chi connectivity index (χ1) is 16.8. The van der Waals surface area contributed by atoms with Crippen molar-refractivity contribution in [2.75, 3.05) is 25.6 Å². The second-order valence-electron chi connectivity index (χ2n) is 8.86. The second-order valence-corrected chi connectivity index (χ2v) is 8.86. The Bertz CT molecular complexity index is 1240. The van der Waals surface area contributed by atoms with Gasteiger partial charge in [-0.25, -0.2) is 0 Å². The van der Waals surface area contributed by atoms with E-state index in [0.29, 0.717) is 12.2 Å². The predicted octanol–water partition coefficient (Wildman–Crippen LogP) is 5.08. The number of ketones is 1. The third-order valence-corrected chi connectivity index (χ3v) is 6.18. The zero-order chi connectivity index (χ0) is 25.1. The number of carbonyl (C=O) groups excluding carboxylic acids is 2. The highest BCUT2D eigenvalue weighted by atomic mass is 16.5. The minimum atomic E-state index is -0.709. The summed E-state index contributed by atoms with van der Waals surface area (Å²) in [6.07, 6.45) is 0. The normalized spacial score (nSPS) is 17.0. The summed E-state index contributed by atoms with van der Waals surface area (Å²) in [5.41, 5.74) is 4.26. The van der Waals surface area contributed by atoms with Gasteiger partial charge in [-0.15, -0.1) is 0 Å². The van der Waals surface area contributed by atoms with Crippen molar-refractivity contribution in [2.45, 2.75) is 26.4 Å². The van der Waals surface area contributed by atoms with Crippen LogP contribution in [-0.4, -0.2) is 42.4 Å². The van der Waals surface area contributed by atoms with Crippen LogP contribution in [0.15, 0.2) is 78.4 Å². The first-order valence-electron chi connectivity index (χ1n) is 11.6. The number of ether oxygens (including phenoxy) is 1. The van der Waals surface area contributed by atoms with E-state index in [4.69, 9.17) is 4.74 Å². The number of aryl methyl sites for hydroxylation is 1. The number of Topliss-reactive ketones (excluding diaryl/α,β-unsaturated/α-hetero) is 1. The Balaban J connectivity index is 1.79. The number of benzene rings is 3.